The molecule has 2 rings (SSSR count). The van der Waals surface area contributed by atoms with Crippen LogP contribution in [0.15, 0.2) is 38.1 Å². The maximum absolute atomic E-state index is 11.7. The van der Waals surface area contributed by atoms with Gasteiger partial charge in [-0.15, -0.1) is 0 Å². The molecule has 5 heteroatoms. The summed E-state index contributed by atoms with van der Waals surface area (Å²) in [5, 5.41) is 8.98. The number of benzene rings is 1. The predicted octanol–water partition coefficient (Wildman–Crippen LogP) is 2.25. The average Bonchev–Trinajstić information content (AvgIpc) is 2.19. The van der Waals surface area contributed by atoms with E-state index < -0.39 is 11.4 Å². The summed E-state index contributed by atoms with van der Waals surface area (Å²) in [4.78, 5) is 22.3. The molecule has 0 unspecified atom stereocenters. The zero-order valence-corrected chi connectivity index (χ0v) is 8.95. The molecule has 2 aromatic rings. The molecular formula is C10H5BrO4. The second kappa shape index (κ2) is 3.51. The van der Waals surface area contributed by atoms with Gasteiger partial charge in [-0.1, -0.05) is 15.9 Å². The molecule has 0 aliphatic heterocycles. The van der Waals surface area contributed by atoms with E-state index in [4.69, 9.17) is 9.52 Å². The third-order valence-electron chi connectivity index (χ3n) is 1.97. The second-order valence-electron chi connectivity index (χ2n) is 2.92. The molecule has 76 valence electrons. The van der Waals surface area contributed by atoms with Crippen molar-refractivity contribution in [2.45, 2.75) is 0 Å². The lowest BCUT2D eigenvalue weighted by Crippen LogP contribution is -2.13. The maximum Gasteiger partial charge on any atom is 0.342 e. The van der Waals surface area contributed by atoms with Gasteiger partial charge in [0.2, 0.25) is 5.43 Å². The number of halogens is 1. The van der Waals surface area contributed by atoms with Gasteiger partial charge in [0.25, 0.3) is 0 Å². The summed E-state index contributed by atoms with van der Waals surface area (Å²) in [6.07, 6.45) is 0.959. The second-order valence-corrected chi connectivity index (χ2v) is 3.84. The molecule has 1 N–H and O–H groups in total. The number of aromatic carboxylic acids is 1. The van der Waals surface area contributed by atoms with Gasteiger partial charge < -0.3 is 9.52 Å². The maximum atomic E-state index is 11.7. The van der Waals surface area contributed by atoms with Crippen LogP contribution in [0.3, 0.4) is 0 Å². The van der Waals surface area contributed by atoms with E-state index in [1.807, 2.05) is 0 Å². The Bertz CT molecular complexity index is 600. The van der Waals surface area contributed by atoms with Crippen LogP contribution in [0.4, 0.5) is 0 Å². The van der Waals surface area contributed by atoms with Crippen LogP contribution in [0.25, 0.3) is 11.0 Å². The van der Waals surface area contributed by atoms with Crippen molar-refractivity contribution < 1.29 is 14.3 Å². The summed E-state index contributed by atoms with van der Waals surface area (Å²) in [7, 11) is 0. The minimum atomic E-state index is -1.29. The van der Waals surface area contributed by atoms with Gasteiger partial charge in [0.05, 0.1) is 5.39 Å². The summed E-state index contributed by atoms with van der Waals surface area (Å²) < 4.78 is 5.74. The van der Waals surface area contributed by atoms with Crippen molar-refractivity contribution in [3.05, 3.63) is 44.7 Å². The third-order valence-corrected chi connectivity index (χ3v) is 2.46. The number of hydrogen-bond donors (Lipinski definition) is 1. The fourth-order valence-corrected chi connectivity index (χ4v) is 1.61. The molecule has 0 aliphatic rings. The molecule has 1 aromatic heterocycles. The monoisotopic (exact) mass is 268 g/mol. The van der Waals surface area contributed by atoms with E-state index in [9.17, 15) is 9.59 Å². The highest BCUT2D eigenvalue weighted by atomic mass is 79.9. The standard InChI is InChI=1S/C10H5BrO4/c11-5-1-2-8-6(3-5)9(12)7(4-15-8)10(13)14/h1-4H,(H,13,14). The lowest BCUT2D eigenvalue weighted by Gasteiger charge is -1.98. The van der Waals surface area contributed by atoms with E-state index >= 15 is 0 Å². The molecule has 0 saturated carbocycles. The van der Waals surface area contributed by atoms with Crippen LogP contribution in [0.2, 0.25) is 0 Å². The average molecular weight is 269 g/mol. The zero-order valence-electron chi connectivity index (χ0n) is 7.36. The quantitative estimate of drug-likeness (QED) is 0.862. The summed E-state index contributed by atoms with van der Waals surface area (Å²) >= 11 is 3.20. The molecule has 0 radical (unpaired) electrons. The molecule has 0 atom stereocenters. The first-order chi connectivity index (χ1) is 7.09. The van der Waals surface area contributed by atoms with Gasteiger partial charge in [-0.3, -0.25) is 4.79 Å². The smallest absolute Gasteiger partial charge is 0.342 e. The lowest BCUT2D eigenvalue weighted by atomic mass is 10.2. The number of rotatable bonds is 1. The molecule has 0 fully saturated rings. The molecule has 0 aliphatic carbocycles. The fraction of sp³-hybridized carbons (Fsp3) is 0. The Hall–Kier alpha value is -1.62. The van der Waals surface area contributed by atoms with Gasteiger partial charge in [0.1, 0.15) is 17.4 Å². The molecule has 0 amide bonds. The van der Waals surface area contributed by atoms with Gasteiger partial charge in [0.15, 0.2) is 0 Å². The van der Waals surface area contributed by atoms with Gasteiger partial charge in [-0.25, -0.2) is 4.79 Å². The van der Waals surface area contributed by atoms with Crippen LogP contribution < -0.4 is 5.43 Å². The van der Waals surface area contributed by atoms with Crippen molar-refractivity contribution >= 4 is 32.9 Å². The Morgan fingerprint density at radius 3 is 2.80 bits per heavy atom. The first kappa shape index (κ1) is 9.92. The van der Waals surface area contributed by atoms with E-state index in [0.717, 1.165) is 6.26 Å². The van der Waals surface area contributed by atoms with Crippen LogP contribution in [0.5, 0.6) is 0 Å². The fourth-order valence-electron chi connectivity index (χ4n) is 1.25. The minimum absolute atomic E-state index is 0.254. The lowest BCUT2D eigenvalue weighted by molar-refractivity contribution is 0.0693. The van der Waals surface area contributed by atoms with E-state index in [2.05, 4.69) is 15.9 Å². The van der Waals surface area contributed by atoms with Crippen molar-refractivity contribution in [1.29, 1.82) is 0 Å². The Kier molecular flexibility index (Phi) is 2.32. The molecule has 1 aromatic carbocycles. The van der Waals surface area contributed by atoms with Crippen LogP contribution in [0, 0.1) is 0 Å². The highest BCUT2D eigenvalue weighted by Crippen LogP contribution is 2.17. The van der Waals surface area contributed by atoms with Crippen molar-refractivity contribution in [1.82, 2.24) is 0 Å². The molecular weight excluding hydrogens is 264 g/mol. The Labute approximate surface area is 92.3 Å². The summed E-state index contributed by atoms with van der Waals surface area (Å²) in [5.74, 6) is -1.29. The first-order valence-corrected chi connectivity index (χ1v) is 4.83. The topological polar surface area (TPSA) is 67.5 Å². The molecule has 15 heavy (non-hydrogen) atoms. The van der Waals surface area contributed by atoms with Gasteiger partial charge in [0, 0.05) is 4.47 Å². The number of carbonyl (C=O) groups is 1. The Morgan fingerprint density at radius 2 is 2.13 bits per heavy atom. The summed E-state index contributed by atoms with van der Waals surface area (Å²) in [5.41, 5.74) is -0.529. The van der Waals surface area contributed by atoms with Gasteiger partial charge in [-0.2, -0.15) is 0 Å². The van der Waals surface area contributed by atoms with E-state index in [1.165, 1.54) is 6.07 Å². The number of fused-ring (bicyclic) bond motifs is 1. The minimum Gasteiger partial charge on any atom is -0.477 e. The van der Waals surface area contributed by atoms with E-state index in [-0.39, 0.29) is 10.9 Å². The van der Waals surface area contributed by atoms with Crippen LogP contribution in [0.1, 0.15) is 10.4 Å². The van der Waals surface area contributed by atoms with Crippen LogP contribution in [-0.2, 0) is 0 Å². The number of hydrogen-bond acceptors (Lipinski definition) is 3. The molecule has 0 spiro atoms. The SMILES string of the molecule is O=C(O)c1coc2ccc(Br)cc2c1=O. The zero-order chi connectivity index (χ0) is 11.0. The van der Waals surface area contributed by atoms with Crippen molar-refractivity contribution in [3.63, 3.8) is 0 Å². The third kappa shape index (κ3) is 1.66. The Balaban J connectivity index is 2.89. The Morgan fingerprint density at radius 1 is 1.40 bits per heavy atom. The summed E-state index contributed by atoms with van der Waals surface area (Å²) in [6.45, 7) is 0. The number of carboxylic acid groups (broad SMARTS) is 1. The van der Waals surface area contributed by atoms with Crippen molar-refractivity contribution in [3.8, 4) is 0 Å². The highest BCUT2D eigenvalue weighted by molar-refractivity contribution is 9.10. The normalized spacial score (nSPS) is 10.5. The van der Waals surface area contributed by atoms with Crippen LogP contribution in [-0.4, -0.2) is 11.1 Å². The van der Waals surface area contributed by atoms with E-state index in [1.54, 1.807) is 12.1 Å². The number of carboxylic acids is 1. The molecule has 1 heterocycles. The first-order valence-electron chi connectivity index (χ1n) is 4.04. The molecule has 4 nitrogen and oxygen atoms in total. The predicted molar refractivity (Wildman–Crippen MR) is 57.1 cm³/mol. The molecule has 0 bridgehead atoms. The largest absolute Gasteiger partial charge is 0.477 e. The van der Waals surface area contributed by atoms with E-state index in [0.29, 0.717) is 10.1 Å². The van der Waals surface area contributed by atoms with Crippen molar-refractivity contribution in [2.24, 2.45) is 0 Å². The summed E-state index contributed by atoms with van der Waals surface area (Å²) in [6, 6.07) is 4.85. The van der Waals surface area contributed by atoms with Gasteiger partial charge >= 0.3 is 5.97 Å². The van der Waals surface area contributed by atoms with Crippen LogP contribution >= 0.6 is 15.9 Å². The van der Waals surface area contributed by atoms with Crippen molar-refractivity contribution in [2.75, 3.05) is 0 Å². The molecule has 0 saturated heterocycles. The van der Waals surface area contributed by atoms with Gasteiger partial charge in [-0.05, 0) is 18.2 Å². The highest BCUT2D eigenvalue weighted by Gasteiger charge is 2.12.